The van der Waals surface area contributed by atoms with Crippen LogP contribution >= 0.6 is 23.2 Å². The zero-order valence-electron chi connectivity index (χ0n) is 25.3. The van der Waals surface area contributed by atoms with E-state index < -0.39 is 28.8 Å². The maximum absolute atomic E-state index is 14.8. The minimum atomic E-state index is -4.61. The number of amides is 3. The molecule has 0 saturated carbocycles. The second-order valence-corrected chi connectivity index (χ2v) is 12.2. The molecule has 3 amide bonds. The van der Waals surface area contributed by atoms with E-state index in [4.69, 9.17) is 32.9 Å². The molecule has 2 aliphatic heterocycles. The molecule has 0 unspecified atom stereocenters. The predicted molar refractivity (Wildman–Crippen MR) is 168 cm³/mol. The van der Waals surface area contributed by atoms with Crippen LogP contribution in [-0.4, -0.2) is 65.3 Å². The molecule has 2 aliphatic rings. The van der Waals surface area contributed by atoms with E-state index in [2.05, 4.69) is 0 Å². The molecule has 0 aromatic heterocycles. The van der Waals surface area contributed by atoms with Crippen LogP contribution in [0.2, 0.25) is 10.0 Å². The number of rotatable bonds is 5. The van der Waals surface area contributed by atoms with Crippen molar-refractivity contribution in [3.05, 3.63) is 99.0 Å². The normalized spacial score (nSPS) is 22.0. The van der Waals surface area contributed by atoms with Gasteiger partial charge >= 0.3 is 12.2 Å². The number of alkyl halides is 3. The zero-order valence-corrected chi connectivity index (χ0v) is 26.8. The van der Waals surface area contributed by atoms with Crippen LogP contribution in [0.15, 0.2) is 71.7 Å². The summed E-state index contributed by atoms with van der Waals surface area (Å²) in [5.74, 6) is 0.0168. The fraction of sp³-hybridized carbons (Fsp3) is 0.364. The molecular weight excluding hydrogens is 628 g/mol. The van der Waals surface area contributed by atoms with Gasteiger partial charge in [0.15, 0.2) is 0 Å². The van der Waals surface area contributed by atoms with E-state index in [1.54, 1.807) is 45.9 Å². The number of hydrogen-bond acceptors (Lipinski definition) is 4. The molecule has 0 N–H and O–H groups in total. The summed E-state index contributed by atoms with van der Waals surface area (Å²) < 4.78 is 47.2. The summed E-state index contributed by atoms with van der Waals surface area (Å²) in [5.41, 5.74) is -1.61. The average Bonchev–Trinajstić information content (AvgIpc) is 3.25. The van der Waals surface area contributed by atoms with Gasteiger partial charge in [-0.2, -0.15) is 13.2 Å². The van der Waals surface area contributed by atoms with E-state index in [-0.39, 0.29) is 42.8 Å². The van der Waals surface area contributed by atoms with Gasteiger partial charge in [0.05, 0.1) is 17.7 Å². The van der Waals surface area contributed by atoms with Gasteiger partial charge in [0.25, 0.3) is 0 Å². The summed E-state index contributed by atoms with van der Waals surface area (Å²) in [7, 11) is 0. The van der Waals surface area contributed by atoms with Crippen molar-refractivity contribution in [1.29, 1.82) is 0 Å². The van der Waals surface area contributed by atoms with Gasteiger partial charge < -0.3 is 14.5 Å². The monoisotopic (exact) mass is 660 g/mol. The summed E-state index contributed by atoms with van der Waals surface area (Å²) in [6.07, 6.45) is -4.61. The quantitative estimate of drug-likeness (QED) is 0.283. The second kappa shape index (κ2) is 12.2. The molecule has 1 saturated heterocycles. The Balaban J connectivity index is 1.76. The van der Waals surface area contributed by atoms with Crippen molar-refractivity contribution in [1.82, 2.24) is 14.7 Å². The molecule has 0 radical (unpaired) electrons. The number of ether oxygens (including phenoxy) is 1. The molecular formula is C33H33Cl2F3N4O3. The molecule has 2 atom stereocenters. The molecule has 45 heavy (non-hydrogen) atoms. The molecule has 0 aliphatic carbocycles. The first-order chi connectivity index (χ1) is 21.2. The molecule has 2 heterocycles. The maximum Gasteiger partial charge on any atom is 0.416 e. The molecule has 3 aromatic rings. The van der Waals surface area contributed by atoms with Gasteiger partial charge in [-0.25, -0.2) is 4.79 Å². The smallest absolute Gasteiger partial charge is 0.416 e. The number of aliphatic imine (C=N–C) groups is 1. The third kappa shape index (κ3) is 5.86. The maximum atomic E-state index is 14.8. The van der Waals surface area contributed by atoms with Crippen LogP contribution < -0.4 is 4.74 Å². The Morgan fingerprint density at radius 3 is 1.91 bits per heavy atom. The molecule has 0 bridgehead atoms. The molecule has 238 valence electrons. The first-order valence-corrected chi connectivity index (χ1v) is 15.3. The van der Waals surface area contributed by atoms with Crippen molar-refractivity contribution < 1.29 is 27.5 Å². The number of urea groups is 1. The van der Waals surface area contributed by atoms with Crippen molar-refractivity contribution in [2.75, 3.05) is 32.8 Å². The summed E-state index contributed by atoms with van der Waals surface area (Å²) in [4.78, 5) is 36.9. The number of benzene rings is 3. The number of carbonyl (C=O) groups excluding carboxylic acids is 2. The summed E-state index contributed by atoms with van der Waals surface area (Å²) in [6.45, 7) is 8.24. The van der Waals surface area contributed by atoms with E-state index in [1.165, 1.54) is 13.0 Å². The highest BCUT2D eigenvalue weighted by Gasteiger charge is 2.60. The summed E-state index contributed by atoms with van der Waals surface area (Å²) in [5, 5.41) is 1.00. The topological polar surface area (TPSA) is 65.5 Å². The molecule has 3 aromatic carbocycles. The fourth-order valence-electron chi connectivity index (χ4n) is 6.08. The van der Waals surface area contributed by atoms with E-state index >= 15 is 0 Å². The van der Waals surface area contributed by atoms with Crippen molar-refractivity contribution in [3.63, 3.8) is 0 Å². The van der Waals surface area contributed by atoms with Crippen LogP contribution in [0.1, 0.15) is 49.9 Å². The van der Waals surface area contributed by atoms with E-state index in [9.17, 15) is 22.8 Å². The fourth-order valence-corrected chi connectivity index (χ4v) is 6.33. The van der Waals surface area contributed by atoms with Gasteiger partial charge in [-0.05, 0) is 74.4 Å². The number of amidine groups is 1. The van der Waals surface area contributed by atoms with E-state index in [0.29, 0.717) is 28.7 Å². The number of halogens is 5. The lowest BCUT2D eigenvalue weighted by Crippen LogP contribution is -2.61. The number of piperazine rings is 1. The van der Waals surface area contributed by atoms with Gasteiger partial charge in [0.2, 0.25) is 5.91 Å². The second-order valence-electron chi connectivity index (χ2n) is 11.3. The SMILES string of the molecule is CCOc1cc(C(F)(F)F)ccc1C1=N[C@@](C)(c2ccc(Cl)cc2)[C@@](C)(c2ccc(Cl)cc2)N1C(=O)N1CCN(C(C)=O)CC1. The highest BCUT2D eigenvalue weighted by Crippen LogP contribution is 2.54. The molecule has 1 fully saturated rings. The van der Waals surface area contributed by atoms with Crippen LogP contribution in [0.25, 0.3) is 0 Å². The minimum Gasteiger partial charge on any atom is -0.493 e. The zero-order chi connectivity index (χ0) is 32.7. The third-order valence-electron chi connectivity index (χ3n) is 8.79. The largest absolute Gasteiger partial charge is 0.493 e. The molecule has 5 rings (SSSR count). The lowest BCUT2D eigenvalue weighted by atomic mass is 9.71. The standard InChI is InChI=1S/C33H33Cl2F3N4O3/c1-5-45-28-20-24(33(36,37)38)10-15-27(28)29-39-31(3,22-6-11-25(34)12-7-22)32(4,23-8-13-26(35)14-9-23)42(29)30(44)41-18-16-40(17-19-41)21(2)43/h6-15,20H,5,16-19H2,1-4H3/t31-,32+/m0/s1. The highest BCUT2D eigenvalue weighted by atomic mass is 35.5. The average molecular weight is 662 g/mol. The van der Waals surface area contributed by atoms with Crippen LogP contribution in [0, 0.1) is 0 Å². The van der Waals surface area contributed by atoms with Crippen molar-refractivity contribution in [3.8, 4) is 5.75 Å². The first-order valence-electron chi connectivity index (χ1n) is 14.5. The van der Waals surface area contributed by atoms with Gasteiger partial charge in [-0.3, -0.25) is 14.7 Å². The number of hydrogen-bond donors (Lipinski definition) is 0. The third-order valence-corrected chi connectivity index (χ3v) is 9.29. The lowest BCUT2D eigenvalue weighted by molar-refractivity contribution is -0.137. The Morgan fingerprint density at radius 1 is 0.867 bits per heavy atom. The van der Waals surface area contributed by atoms with Gasteiger partial charge in [-0.1, -0.05) is 47.5 Å². The first kappa shape index (κ1) is 32.6. The molecule has 0 spiro atoms. The number of carbonyl (C=O) groups is 2. The van der Waals surface area contributed by atoms with Crippen LogP contribution in [0.4, 0.5) is 18.0 Å². The predicted octanol–water partition coefficient (Wildman–Crippen LogP) is 7.59. The summed E-state index contributed by atoms with van der Waals surface area (Å²) in [6, 6.07) is 17.0. The Kier molecular flexibility index (Phi) is 8.85. The van der Waals surface area contributed by atoms with Crippen LogP contribution in [0.5, 0.6) is 5.75 Å². The lowest BCUT2D eigenvalue weighted by Gasteiger charge is -2.47. The minimum absolute atomic E-state index is 0.0518. The van der Waals surface area contributed by atoms with Crippen molar-refractivity contribution >= 4 is 41.0 Å². The van der Waals surface area contributed by atoms with Gasteiger partial charge in [0.1, 0.15) is 22.7 Å². The van der Waals surface area contributed by atoms with Crippen molar-refractivity contribution in [2.45, 2.75) is 44.9 Å². The Morgan fingerprint density at radius 2 is 1.40 bits per heavy atom. The van der Waals surface area contributed by atoms with Crippen molar-refractivity contribution in [2.24, 2.45) is 4.99 Å². The summed E-state index contributed by atoms with van der Waals surface area (Å²) >= 11 is 12.5. The van der Waals surface area contributed by atoms with Gasteiger partial charge in [0, 0.05) is 43.1 Å². The molecule has 7 nitrogen and oxygen atoms in total. The van der Waals surface area contributed by atoms with Crippen LogP contribution in [-0.2, 0) is 22.0 Å². The Bertz CT molecular complexity index is 1620. The molecule has 12 heteroatoms. The van der Waals surface area contributed by atoms with E-state index in [1.807, 2.05) is 38.1 Å². The highest BCUT2D eigenvalue weighted by molar-refractivity contribution is 6.30. The Labute approximate surface area is 270 Å². The number of nitrogens with zero attached hydrogens (tertiary/aromatic N) is 4. The van der Waals surface area contributed by atoms with E-state index in [0.717, 1.165) is 17.7 Å². The Hall–Kier alpha value is -3.76. The van der Waals surface area contributed by atoms with Gasteiger partial charge in [-0.15, -0.1) is 0 Å². The van der Waals surface area contributed by atoms with Crippen LogP contribution in [0.3, 0.4) is 0 Å².